The Morgan fingerprint density at radius 2 is 2.20 bits per heavy atom. The number of aliphatic imine (C=N–C) groups is 1. The van der Waals surface area contributed by atoms with Crippen LogP contribution in [-0.2, 0) is 19.4 Å². The molecule has 132 valence electrons. The SMILES string of the molecule is CCc1cccc(NC(N)=NCc2cc3c(cc2OC)CC(C)O3)c1. The lowest BCUT2D eigenvalue weighted by molar-refractivity contribution is 0.254. The third-order valence-electron chi connectivity index (χ3n) is 4.33. The Morgan fingerprint density at radius 1 is 1.36 bits per heavy atom. The number of ether oxygens (including phenoxy) is 2. The highest BCUT2D eigenvalue weighted by atomic mass is 16.5. The number of rotatable bonds is 5. The zero-order valence-corrected chi connectivity index (χ0v) is 15.0. The molecule has 25 heavy (non-hydrogen) atoms. The predicted molar refractivity (Wildman–Crippen MR) is 102 cm³/mol. The zero-order valence-electron chi connectivity index (χ0n) is 15.0. The van der Waals surface area contributed by atoms with Gasteiger partial charge in [-0.2, -0.15) is 0 Å². The van der Waals surface area contributed by atoms with Crippen LogP contribution in [0.2, 0.25) is 0 Å². The van der Waals surface area contributed by atoms with E-state index in [9.17, 15) is 0 Å². The van der Waals surface area contributed by atoms with Crippen molar-refractivity contribution in [3.8, 4) is 11.5 Å². The van der Waals surface area contributed by atoms with E-state index in [0.29, 0.717) is 12.5 Å². The van der Waals surface area contributed by atoms with Crippen molar-refractivity contribution in [1.82, 2.24) is 0 Å². The maximum atomic E-state index is 6.04. The Kier molecular flexibility index (Phi) is 5.12. The maximum Gasteiger partial charge on any atom is 0.193 e. The summed E-state index contributed by atoms with van der Waals surface area (Å²) in [7, 11) is 1.67. The lowest BCUT2D eigenvalue weighted by Crippen LogP contribution is -2.22. The molecule has 1 aliphatic heterocycles. The minimum atomic E-state index is 0.205. The van der Waals surface area contributed by atoms with Gasteiger partial charge in [0.25, 0.3) is 0 Å². The molecule has 3 N–H and O–H groups in total. The number of nitrogens with two attached hydrogens (primary N) is 1. The molecule has 1 heterocycles. The second kappa shape index (κ2) is 7.47. The molecule has 0 amide bonds. The van der Waals surface area contributed by atoms with E-state index in [1.807, 2.05) is 24.3 Å². The van der Waals surface area contributed by atoms with E-state index in [2.05, 4.69) is 36.3 Å². The average molecular weight is 339 g/mol. The van der Waals surface area contributed by atoms with E-state index in [1.54, 1.807) is 7.11 Å². The van der Waals surface area contributed by atoms with Crippen LogP contribution in [0.1, 0.15) is 30.5 Å². The highest BCUT2D eigenvalue weighted by Crippen LogP contribution is 2.35. The van der Waals surface area contributed by atoms with Gasteiger partial charge in [-0.05, 0) is 43.2 Å². The molecule has 0 radical (unpaired) electrons. The van der Waals surface area contributed by atoms with Gasteiger partial charge in [-0.3, -0.25) is 0 Å². The van der Waals surface area contributed by atoms with E-state index in [4.69, 9.17) is 15.2 Å². The highest BCUT2D eigenvalue weighted by molar-refractivity contribution is 5.92. The topological polar surface area (TPSA) is 68.9 Å². The lowest BCUT2D eigenvalue weighted by atomic mass is 10.1. The van der Waals surface area contributed by atoms with Crippen molar-refractivity contribution in [3.05, 3.63) is 53.1 Å². The monoisotopic (exact) mass is 339 g/mol. The number of aryl methyl sites for hydroxylation is 1. The van der Waals surface area contributed by atoms with E-state index in [-0.39, 0.29) is 6.10 Å². The average Bonchev–Trinajstić information content (AvgIpc) is 2.98. The molecule has 0 bridgehead atoms. The fourth-order valence-corrected chi connectivity index (χ4v) is 3.02. The molecule has 0 fully saturated rings. The third-order valence-corrected chi connectivity index (χ3v) is 4.33. The van der Waals surface area contributed by atoms with Crippen molar-refractivity contribution in [1.29, 1.82) is 0 Å². The van der Waals surface area contributed by atoms with Gasteiger partial charge in [0.2, 0.25) is 0 Å². The molecule has 1 atom stereocenters. The molecule has 0 saturated carbocycles. The van der Waals surface area contributed by atoms with Crippen molar-refractivity contribution >= 4 is 11.6 Å². The Bertz CT molecular complexity index is 787. The number of guanidine groups is 1. The van der Waals surface area contributed by atoms with Crippen LogP contribution >= 0.6 is 0 Å². The second-order valence-corrected chi connectivity index (χ2v) is 6.28. The van der Waals surface area contributed by atoms with Crippen molar-refractivity contribution < 1.29 is 9.47 Å². The fourth-order valence-electron chi connectivity index (χ4n) is 3.02. The molecule has 0 aromatic heterocycles. The van der Waals surface area contributed by atoms with Gasteiger partial charge >= 0.3 is 0 Å². The van der Waals surface area contributed by atoms with Crippen molar-refractivity contribution in [2.75, 3.05) is 12.4 Å². The number of hydrogen-bond acceptors (Lipinski definition) is 3. The minimum absolute atomic E-state index is 0.205. The van der Waals surface area contributed by atoms with Crippen molar-refractivity contribution in [2.24, 2.45) is 10.7 Å². The summed E-state index contributed by atoms with van der Waals surface area (Å²) in [6.45, 7) is 4.62. The number of hydrogen-bond donors (Lipinski definition) is 2. The zero-order chi connectivity index (χ0) is 17.8. The molecule has 0 spiro atoms. The maximum absolute atomic E-state index is 6.04. The van der Waals surface area contributed by atoms with E-state index >= 15 is 0 Å². The fraction of sp³-hybridized carbons (Fsp3) is 0.350. The van der Waals surface area contributed by atoms with Crippen LogP contribution in [0.15, 0.2) is 41.4 Å². The number of methoxy groups -OCH3 is 1. The third kappa shape index (κ3) is 4.05. The minimum Gasteiger partial charge on any atom is -0.496 e. The summed E-state index contributed by atoms with van der Waals surface area (Å²) >= 11 is 0. The molecular formula is C20H25N3O2. The summed E-state index contributed by atoms with van der Waals surface area (Å²) in [4.78, 5) is 4.45. The summed E-state index contributed by atoms with van der Waals surface area (Å²) in [5.41, 5.74) is 10.4. The smallest absolute Gasteiger partial charge is 0.193 e. The summed E-state index contributed by atoms with van der Waals surface area (Å²) in [5, 5.41) is 3.14. The second-order valence-electron chi connectivity index (χ2n) is 6.28. The van der Waals surface area contributed by atoms with Crippen LogP contribution in [0.5, 0.6) is 11.5 Å². The highest BCUT2D eigenvalue weighted by Gasteiger charge is 2.21. The molecule has 3 rings (SSSR count). The Hall–Kier alpha value is -2.69. The van der Waals surface area contributed by atoms with E-state index in [1.165, 1.54) is 11.1 Å². The number of anilines is 1. The molecular weight excluding hydrogens is 314 g/mol. The number of nitrogens with one attached hydrogen (secondary N) is 1. The first-order valence-corrected chi connectivity index (χ1v) is 8.61. The van der Waals surface area contributed by atoms with Gasteiger partial charge in [-0.1, -0.05) is 19.1 Å². The van der Waals surface area contributed by atoms with Crippen LogP contribution < -0.4 is 20.5 Å². The van der Waals surface area contributed by atoms with Gasteiger partial charge in [-0.25, -0.2) is 4.99 Å². The van der Waals surface area contributed by atoms with Gasteiger partial charge in [0, 0.05) is 23.2 Å². The van der Waals surface area contributed by atoms with Crippen molar-refractivity contribution in [3.63, 3.8) is 0 Å². The Morgan fingerprint density at radius 3 is 2.96 bits per heavy atom. The number of nitrogens with zero attached hydrogens (tertiary/aromatic N) is 1. The molecule has 0 saturated heterocycles. The quantitative estimate of drug-likeness (QED) is 0.646. The number of benzene rings is 2. The first-order valence-electron chi connectivity index (χ1n) is 8.61. The lowest BCUT2D eigenvalue weighted by Gasteiger charge is -2.11. The van der Waals surface area contributed by atoms with E-state index in [0.717, 1.165) is 35.6 Å². The molecule has 1 aliphatic rings. The molecule has 5 nitrogen and oxygen atoms in total. The van der Waals surface area contributed by atoms with E-state index < -0.39 is 0 Å². The van der Waals surface area contributed by atoms with Crippen LogP contribution in [0.25, 0.3) is 0 Å². The van der Waals surface area contributed by atoms with Gasteiger partial charge in [0.1, 0.15) is 17.6 Å². The first-order chi connectivity index (χ1) is 12.1. The summed E-state index contributed by atoms with van der Waals surface area (Å²) in [6.07, 6.45) is 2.10. The largest absolute Gasteiger partial charge is 0.496 e. The molecule has 1 unspecified atom stereocenters. The molecule has 2 aromatic carbocycles. The van der Waals surface area contributed by atoms with Gasteiger partial charge in [0.05, 0.1) is 13.7 Å². The first kappa shape index (κ1) is 17.1. The van der Waals surface area contributed by atoms with Crippen LogP contribution in [0.4, 0.5) is 5.69 Å². The van der Waals surface area contributed by atoms with Gasteiger partial charge < -0.3 is 20.5 Å². The summed E-state index contributed by atoms with van der Waals surface area (Å²) in [5.74, 6) is 2.12. The predicted octanol–water partition coefficient (Wildman–Crippen LogP) is 3.51. The molecule has 2 aromatic rings. The molecule has 0 aliphatic carbocycles. The van der Waals surface area contributed by atoms with Gasteiger partial charge in [0.15, 0.2) is 5.96 Å². The summed E-state index contributed by atoms with van der Waals surface area (Å²) < 4.78 is 11.3. The normalized spacial score (nSPS) is 16.3. The standard InChI is InChI=1S/C20H25N3O2/c1-4-14-6-5-7-17(9-14)23-20(21)22-12-16-11-19-15(8-13(2)25-19)10-18(16)24-3/h5-7,9-11,13H,4,8,12H2,1-3H3,(H3,21,22,23). The van der Waals surface area contributed by atoms with Gasteiger partial charge in [-0.15, -0.1) is 0 Å². The number of fused-ring (bicyclic) bond motifs is 1. The van der Waals surface area contributed by atoms with Crippen molar-refractivity contribution in [2.45, 2.75) is 39.3 Å². The summed E-state index contributed by atoms with van der Waals surface area (Å²) in [6, 6.07) is 12.2. The van der Waals surface area contributed by atoms with Crippen LogP contribution in [-0.4, -0.2) is 19.2 Å². The Balaban J connectivity index is 1.73. The van der Waals surface area contributed by atoms with Crippen LogP contribution in [0, 0.1) is 0 Å². The van der Waals surface area contributed by atoms with Crippen LogP contribution in [0.3, 0.4) is 0 Å². The molecule has 5 heteroatoms. The Labute approximate surface area is 148 Å².